The molecule has 0 fully saturated rings. The quantitative estimate of drug-likeness (QED) is 0.249. The van der Waals surface area contributed by atoms with Gasteiger partial charge in [-0.2, -0.15) is 0 Å². The Morgan fingerprint density at radius 1 is 0.651 bits per heavy atom. The summed E-state index contributed by atoms with van der Waals surface area (Å²) < 4.78 is 6.57. The Bertz CT molecular complexity index is 1140. The van der Waals surface area contributed by atoms with Gasteiger partial charge in [0, 0.05) is 23.2 Å². The molecule has 0 heterocycles. The highest BCUT2D eigenvalue weighted by Crippen LogP contribution is 2.42. The van der Waals surface area contributed by atoms with E-state index in [1.54, 1.807) is 0 Å². The number of anilines is 1. The van der Waals surface area contributed by atoms with Crippen LogP contribution >= 0.6 is 0 Å². The van der Waals surface area contributed by atoms with Gasteiger partial charge in [-0.15, -0.1) is 0 Å². The molecule has 0 aliphatic heterocycles. The van der Waals surface area contributed by atoms with Gasteiger partial charge >= 0.3 is 0 Å². The molecule has 0 bridgehead atoms. The van der Waals surface area contributed by atoms with Crippen LogP contribution in [0.5, 0.6) is 5.75 Å². The van der Waals surface area contributed by atoms with Crippen LogP contribution in [0.15, 0.2) is 24.3 Å². The highest BCUT2D eigenvalue weighted by molar-refractivity contribution is 5.91. The van der Waals surface area contributed by atoms with Crippen molar-refractivity contribution in [3.05, 3.63) is 57.6 Å². The summed E-state index contributed by atoms with van der Waals surface area (Å²) in [6, 6.07) is 8.93. The maximum Gasteiger partial charge on any atom is 0.224 e. The zero-order valence-electron chi connectivity index (χ0n) is 30.5. The molecule has 43 heavy (non-hydrogen) atoms. The standard InChI is InChI=1S/C40H65NO2/c1-15-16-17-18-19-20-23-43-36-33(39(9,10)11)26-30(27-34(36)40(12,13)14)41-35(42)22-21-29-24-31(37(3,4)5)28(2)32(25-29)38(6,7)8/h24-27H,15-23H2,1-14H3,(H,41,42). The van der Waals surface area contributed by atoms with Crippen molar-refractivity contribution in [1.29, 1.82) is 0 Å². The Morgan fingerprint density at radius 2 is 1.09 bits per heavy atom. The molecule has 0 aliphatic rings. The molecule has 0 saturated heterocycles. The fourth-order valence-electron chi connectivity index (χ4n) is 5.99. The zero-order chi connectivity index (χ0) is 32.8. The molecule has 0 unspecified atom stereocenters. The normalized spacial score (nSPS) is 12.9. The number of hydrogen-bond donors (Lipinski definition) is 1. The van der Waals surface area contributed by atoms with E-state index in [9.17, 15) is 4.79 Å². The van der Waals surface area contributed by atoms with Crippen LogP contribution < -0.4 is 10.1 Å². The molecule has 0 spiro atoms. The van der Waals surface area contributed by atoms with Crippen LogP contribution in [-0.2, 0) is 32.9 Å². The summed E-state index contributed by atoms with van der Waals surface area (Å²) in [5, 5.41) is 3.27. The number of ether oxygens (including phenoxy) is 1. The summed E-state index contributed by atoms with van der Waals surface area (Å²) in [4.78, 5) is 13.4. The minimum Gasteiger partial charge on any atom is -0.493 e. The predicted molar refractivity (Wildman–Crippen MR) is 188 cm³/mol. The smallest absolute Gasteiger partial charge is 0.224 e. The maximum atomic E-state index is 13.4. The van der Waals surface area contributed by atoms with Gasteiger partial charge < -0.3 is 10.1 Å². The second-order valence-corrected chi connectivity index (χ2v) is 16.9. The van der Waals surface area contributed by atoms with Gasteiger partial charge in [0.2, 0.25) is 5.91 Å². The molecule has 0 saturated carbocycles. The van der Waals surface area contributed by atoms with Crippen molar-refractivity contribution in [1.82, 2.24) is 0 Å². The molecule has 242 valence electrons. The summed E-state index contributed by atoms with van der Waals surface area (Å²) in [5.41, 5.74) is 8.39. The van der Waals surface area contributed by atoms with Crippen LogP contribution in [0.2, 0.25) is 0 Å². The van der Waals surface area contributed by atoms with Crippen molar-refractivity contribution in [2.45, 2.75) is 170 Å². The molecule has 1 N–H and O–H groups in total. The number of rotatable bonds is 12. The SMILES string of the molecule is CCCCCCCCOc1c(C(C)(C)C)cc(NC(=O)CCc2cc(C(C)(C)C)c(C)c(C(C)(C)C)c2)cc1C(C)(C)C. The van der Waals surface area contributed by atoms with Crippen molar-refractivity contribution in [2.24, 2.45) is 0 Å². The Kier molecular flexibility index (Phi) is 12.6. The van der Waals surface area contributed by atoms with Crippen molar-refractivity contribution >= 4 is 11.6 Å². The molecule has 0 aromatic heterocycles. The van der Waals surface area contributed by atoms with Crippen LogP contribution in [0.1, 0.15) is 168 Å². The lowest BCUT2D eigenvalue weighted by atomic mass is 9.75. The Labute approximate surface area is 266 Å². The highest BCUT2D eigenvalue weighted by atomic mass is 16.5. The fraction of sp³-hybridized carbons (Fsp3) is 0.675. The number of hydrogen-bond acceptors (Lipinski definition) is 2. The van der Waals surface area contributed by atoms with Gasteiger partial charge in [-0.25, -0.2) is 0 Å². The van der Waals surface area contributed by atoms with Crippen LogP contribution in [0, 0.1) is 6.92 Å². The molecule has 0 atom stereocenters. The third kappa shape index (κ3) is 11.0. The lowest BCUT2D eigenvalue weighted by Crippen LogP contribution is -2.22. The average molecular weight is 592 g/mol. The first-order valence-corrected chi connectivity index (χ1v) is 16.9. The molecule has 2 aromatic carbocycles. The summed E-state index contributed by atoms with van der Waals surface area (Å²) in [6.45, 7) is 32.3. The van der Waals surface area contributed by atoms with Crippen LogP contribution in [-0.4, -0.2) is 12.5 Å². The molecular weight excluding hydrogens is 526 g/mol. The molecule has 2 rings (SSSR count). The number of carbonyl (C=O) groups is 1. The highest BCUT2D eigenvalue weighted by Gasteiger charge is 2.29. The van der Waals surface area contributed by atoms with E-state index in [0.29, 0.717) is 6.42 Å². The number of amides is 1. The first kappa shape index (κ1) is 36.9. The number of nitrogens with one attached hydrogen (secondary N) is 1. The van der Waals surface area contributed by atoms with Crippen molar-refractivity contribution < 1.29 is 9.53 Å². The minimum absolute atomic E-state index is 0.0495. The van der Waals surface area contributed by atoms with Crippen molar-refractivity contribution in [3.8, 4) is 5.75 Å². The zero-order valence-corrected chi connectivity index (χ0v) is 30.5. The molecule has 1 amide bonds. The van der Waals surface area contributed by atoms with E-state index >= 15 is 0 Å². The second-order valence-electron chi connectivity index (χ2n) is 16.9. The molecular formula is C40H65NO2. The molecule has 3 heteroatoms. The minimum atomic E-state index is -0.119. The largest absolute Gasteiger partial charge is 0.493 e. The fourth-order valence-corrected chi connectivity index (χ4v) is 5.99. The number of carbonyl (C=O) groups excluding carboxylic acids is 1. The summed E-state index contributed by atoms with van der Waals surface area (Å²) in [5.74, 6) is 1.05. The van der Waals surface area contributed by atoms with E-state index in [1.807, 2.05) is 0 Å². The second kappa shape index (κ2) is 14.7. The topological polar surface area (TPSA) is 38.3 Å². The Hall–Kier alpha value is -2.29. The molecule has 3 nitrogen and oxygen atoms in total. The van der Waals surface area contributed by atoms with Gasteiger partial charge in [-0.3, -0.25) is 4.79 Å². The van der Waals surface area contributed by atoms with Gasteiger partial charge in [-0.1, -0.05) is 134 Å². The summed E-state index contributed by atoms with van der Waals surface area (Å²) >= 11 is 0. The van der Waals surface area contributed by atoms with E-state index in [-0.39, 0.29) is 27.6 Å². The Morgan fingerprint density at radius 3 is 1.53 bits per heavy atom. The van der Waals surface area contributed by atoms with Crippen molar-refractivity contribution in [2.75, 3.05) is 11.9 Å². The lowest BCUT2D eigenvalue weighted by molar-refractivity contribution is -0.116. The monoisotopic (exact) mass is 592 g/mol. The van der Waals surface area contributed by atoms with Crippen LogP contribution in [0.3, 0.4) is 0 Å². The maximum absolute atomic E-state index is 13.4. The number of benzene rings is 2. The lowest BCUT2D eigenvalue weighted by Gasteiger charge is -2.31. The third-order valence-corrected chi connectivity index (χ3v) is 8.46. The summed E-state index contributed by atoms with van der Waals surface area (Å²) in [7, 11) is 0. The average Bonchev–Trinajstić information content (AvgIpc) is 2.85. The van der Waals surface area contributed by atoms with Crippen molar-refractivity contribution in [3.63, 3.8) is 0 Å². The molecule has 2 aromatic rings. The van der Waals surface area contributed by atoms with E-state index in [0.717, 1.165) is 42.0 Å². The van der Waals surface area contributed by atoms with Crippen LogP contribution in [0.4, 0.5) is 5.69 Å². The molecule has 0 radical (unpaired) electrons. The predicted octanol–water partition coefficient (Wildman–Crippen LogP) is 11.5. The first-order chi connectivity index (χ1) is 19.7. The van der Waals surface area contributed by atoms with E-state index < -0.39 is 0 Å². The number of unbranched alkanes of at least 4 members (excludes halogenated alkanes) is 5. The van der Waals surface area contributed by atoms with Gasteiger partial charge in [0.05, 0.1) is 6.61 Å². The molecule has 0 aliphatic carbocycles. The van der Waals surface area contributed by atoms with E-state index in [4.69, 9.17) is 4.74 Å². The van der Waals surface area contributed by atoms with E-state index in [2.05, 4.69) is 127 Å². The number of aryl methyl sites for hydroxylation is 1. The first-order valence-electron chi connectivity index (χ1n) is 16.9. The summed E-state index contributed by atoms with van der Waals surface area (Å²) in [6.07, 6.45) is 8.62. The van der Waals surface area contributed by atoms with Gasteiger partial charge in [0.15, 0.2) is 0 Å². The van der Waals surface area contributed by atoms with Gasteiger partial charge in [0.25, 0.3) is 0 Å². The third-order valence-electron chi connectivity index (χ3n) is 8.46. The van der Waals surface area contributed by atoms with Gasteiger partial charge in [-0.05, 0) is 75.8 Å². The van der Waals surface area contributed by atoms with E-state index in [1.165, 1.54) is 54.4 Å². The van der Waals surface area contributed by atoms with Crippen LogP contribution in [0.25, 0.3) is 0 Å². The van der Waals surface area contributed by atoms with Gasteiger partial charge in [0.1, 0.15) is 5.75 Å². The Balaban J connectivity index is 2.31.